The Hall–Kier alpha value is -2.90. The van der Waals surface area contributed by atoms with Gasteiger partial charge in [0.1, 0.15) is 36.5 Å². The summed E-state index contributed by atoms with van der Waals surface area (Å²) in [5.74, 6) is 0.809. The van der Waals surface area contributed by atoms with Crippen LogP contribution in [0.25, 0.3) is 0 Å². The largest absolute Gasteiger partial charge is 0.697 e. The van der Waals surface area contributed by atoms with Crippen molar-refractivity contribution in [3.63, 3.8) is 0 Å². The van der Waals surface area contributed by atoms with Crippen LogP contribution in [0.3, 0.4) is 0 Å². The molecule has 2 aromatic carbocycles. The Morgan fingerprint density at radius 3 is 1.40 bits per heavy atom. The van der Waals surface area contributed by atoms with E-state index in [0.29, 0.717) is 60.2 Å². The fourth-order valence-corrected chi connectivity index (χ4v) is 11.6. The molecule has 0 atom stereocenters. The van der Waals surface area contributed by atoms with E-state index in [-0.39, 0.29) is 47.3 Å². The van der Waals surface area contributed by atoms with Crippen LogP contribution in [0.2, 0.25) is 0 Å². The van der Waals surface area contributed by atoms with Gasteiger partial charge in [-0.1, -0.05) is 74.9 Å². The van der Waals surface area contributed by atoms with Gasteiger partial charge in [0.15, 0.2) is 0 Å². The van der Waals surface area contributed by atoms with Gasteiger partial charge in [-0.2, -0.15) is 0 Å². The maximum atomic E-state index is 14.8. The van der Waals surface area contributed by atoms with Gasteiger partial charge in [0.05, 0.1) is 21.2 Å². The molecule has 4 aromatic rings. The summed E-state index contributed by atoms with van der Waals surface area (Å²) < 4.78 is 81.7. The minimum absolute atomic E-state index is 0.0668. The fraction of sp³-hybridized carbons (Fsp3) is 0.542. The van der Waals surface area contributed by atoms with E-state index in [1.54, 1.807) is 36.7 Å². The number of thioether (sulfide) groups is 2. The molecule has 6 rings (SSSR count). The highest BCUT2D eigenvalue weighted by atomic mass is 32.2. The summed E-state index contributed by atoms with van der Waals surface area (Å²) in [5, 5.41) is 6.44. The first-order chi connectivity index (χ1) is 30.3. The molecule has 336 valence electrons. The van der Waals surface area contributed by atoms with Gasteiger partial charge in [0.25, 0.3) is 0 Å². The zero-order chi connectivity index (χ0) is 43.5. The van der Waals surface area contributed by atoms with E-state index in [1.165, 1.54) is 35.7 Å². The van der Waals surface area contributed by atoms with Crippen molar-refractivity contribution in [3.05, 3.63) is 119 Å². The van der Waals surface area contributed by atoms with Gasteiger partial charge in [0.2, 0.25) is 0 Å². The molecule has 62 heavy (non-hydrogen) atoms. The van der Waals surface area contributed by atoms with Gasteiger partial charge in [-0.25, -0.2) is 17.6 Å². The topological polar surface area (TPSA) is 85.4 Å². The quantitative estimate of drug-likeness (QED) is 0.0250. The zero-order valence-corrected chi connectivity index (χ0v) is 38.3. The third kappa shape index (κ3) is 14.6. The molecule has 0 unspecified atom stereocenters. The number of rotatable bonds is 28. The van der Waals surface area contributed by atoms with Crippen molar-refractivity contribution in [2.24, 2.45) is 0 Å². The predicted octanol–water partition coefficient (Wildman–Crippen LogP) is 12.9. The zero-order valence-electron chi connectivity index (χ0n) is 35.8. The monoisotopic (exact) mass is 913 g/mol. The molecule has 0 aliphatic heterocycles. The maximum Gasteiger partial charge on any atom is 0.697 e. The Balaban J connectivity index is 0.750. The Morgan fingerprint density at radius 2 is 1.00 bits per heavy atom. The van der Waals surface area contributed by atoms with Crippen LogP contribution in [0.1, 0.15) is 125 Å². The van der Waals surface area contributed by atoms with E-state index in [2.05, 4.69) is 20.6 Å². The van der Waals surface area contributed by atoms with Crippen molar-refractivity contribution < 1.29 is 31.2 Å². The normalized spacial score (nSPS) is 15.7. The van der Waals surface area contributed by atoms with Crippen molar-refractivity contribution >= 4 is 31.8 Å². The molecule has 0 radical (unpaired) electrons. The van der Waals surface area contributed by atoms with Gasteiger partial charge in [-0.3, -0.25) is 9.97 Å². The summed E-state index contributed by atoms with van der Waals surface area (Å²) >= 11 is 2.95. The van der Waals surface area contributed by atoms with E-state index in [1.807, 2.05) is 24.3 Å². The van der Waals surface area contributed by atoms with Gasteiger partial charge in [-0.15, -0.1) is 32.6 Å². The number of unbranched alkanes of at least 4 members (excludes halogenated alkanes) is 2. The third-order valence-electron chi connectivity index (χ3n) is 12.4. The third-order valence-corrected chi connectivity index (χ3v) is 15.4. The van der Waals surface area contributed by atoms with Gasteiger partial charge in [-0.05, 0) is 135 Å². The molecular formula is C48H62F4N4O3PS2+. The Labute approximate surface area is 375 Å². The van der Waals surface area contributed by atoms with Crippen molar-refractivity contribution in [3.8, 4) is 0 Å². The summed E-state index contributed by atoms with van der Waals surface area (Å²) in [4.78, 5) is 9.92. The number of hydrogen-bond acceptors (Lipinski definition) is 9. The molecule has 0 saturated heterocycles. The molecule has 2 aliphatic rings. The second-order valence-electron chi connectivity index (χ2n) is 16.7. The van der Waals surface area contributed by atoms with Gasteiger partial charge < -0.3 is 10.6 Å². The second-order valence-corrected chi connectivity index (χ2v) is 19.9. The van der Waals surface area contributed by atoms with Crippen LogP contribution >= 0.6 is 31.8 Å². The van der Waals surface area contributed by atoms with Gasteiger partial charge >= 0.3 is 8.25 Å². The summed E-state index contributed by atoms with van der Waals surface area (Å²) in [7, 11) is -2.24. The minimum atomic E-state index is -2.24. The first-order valence-corrected chi connectivity index (χ1v) is 25.5. The minimum Gasteiger partial charge on any atom is -0.311 e. The summed E-state index contributed by atoms with van der Waals surface area (Å²) in [6, 6.07) is 17.3. The number of nitrogens with zero attached hydrogens (tertiary/aromatic N) is 2. The standard InChI is InChI=1S/C48H62F4N4O3PS2/c49-41-17-3-1-15-39(41)47(19-5-6-20-47)23-9-11-29-61-45-35-55-37(31-43(45)51)33-53-25-13-27-58-60(57)59-28-14-26-54-34-38-32-44(52)46(36-56-38)62-30-12-10-24-48(21-7-8-22-48)40-16-2-4-18-42(40)50/h1-4,15-18,31-32,35-36,53-54H,5-14,19-30,33-34H2/q+1. The molecule has 2 heterocycles. The molecule has 0 bridgehead atoms. The molecule has 2 aliphatic carbocycles. The number of hydrogen-bond donors (Lipinski definition) is 2. The van der Waals surface area contributed by atoms with Crippen LogP contribution in [0.4, 0.5) is 17.6 Å². The fourth-order valence-electron chi connectivity index (χ4n) is 9.15. The van der Waals surface area contributed by atoms with Crippen molar-refractivity contribution in [1.29, 1.82) is 0 Å². The van der Waals surface area contributed by atoms with Crippen LogP contribution in [0.5, 0.6) is 0 Å². The molecule has 0 amide bonds. The lowest BCUT2D eigenvalue weighted by Crippen LogP contribution is -2.23. The van der Waals surface area contributed by atoms with Crippen LogP contribution in [0, 0.1) is 23.3 Å². The number of benzene rings is 2. The lowest BCUT2D eigenvalue weighted by atomic mass is 9.75. The Bertz CT molecular complexity index is 1860. The van der Waals surface area contributed by atoms with E-state index >= 15 is 0 Å². The van der Waals surface area contributed by atoms with Crippen LogP contribution in [0.15, 0.2) is 82.8 Å². The lowest BCUT2D eigenvalue weighted by molar-refractivity contribution is 0.220. The molecule has 14 heteroatoms. The average molecular weight is 914 g/mol. The lowest BCUT2D eigenvalue weighted by Gasteiger charge is -2.30. The highest BCUT2D eigenvalue weighted by Crippen LogP contribution is 2.47. The van der Waals surface area contributed by atoms with E-state index < -0.39 is 8.25 Å². The number of halogens is 4. The van der Waals surface area contributed by atoms with Crippen LogP contribution in [-0.4, -0.2) is 47.8 Å². The van der Waals surface area contributed by atoms with Crippen LogP contribution in [-0.2, 0) is 37.5 Å². The molecule has 2 N–H and O–H groups in total. The number of pyridine rings is 2. The Kier molecular flexibility index (Phi) is 20.0. The van der Waals surface area contributed by atoms with Crippen molar-refractivity contribution in [2.45, 2.75) is 136 Å². The Morgan fingerprint density at radius 1 is 0.581 bits per heavy atom. The first-order valence-electron chi connectivity index (χ1n) is 22.5. The van der Waals surface area contributed by atoms with E-state index in [4.69, 9.17) is 9.05 Å². The summed E-state index contributed by atoms with van der Waals surface area (Å²) in [6.07, 6.45) is 18.8. The summed E-state index contributed by atoms with van der Waals surface area (Å²) in [6.45, 7) is 2.47. The maximum absolute atomic E-state index is 14.8. The molecule has 7 nitrogen and oxygen atoms in total. The first kappa shape index (κ1) is 48.6. The second kappa shape index (κ2) is 25.6. The molecule has 2 aromatic heterocycles. The van der Waals surface area contributed by atoms with Crippen molar-refractivity contribution in [1.82, 2.24) is 20.6 Å². The highest BCUT2D eigenvalue weighted by Gasteiger charge is 2.38. The highest BCUT2D eigenvalue weighted by molar-refractivity contribution is 7.99. The predicted molar refractivity (Wildman–Crippen MR) is 243 cm³/mol. The van der Waals surface area contributed by atoms with E-state index in [9.17, 15) is 22.1 Å². The smallest absolute Gasteiger partial charge is 0.311 e. The van der Waals surface area contributed by atoms with Crippen LogP contribution < -0.4 is 10.6 Å². The summed E-state index contributed by atoms with van der Waals surface area (Å²) in [5.41, 5.74) is 2.80. The number of aromatic nitrogens is 2. The van der Waals surface area contributed by atoms with Gasteiger partial charge in [0, 0.05) is 30.0 Å². The molecule has 2 fully saturated rings. The van der Waals surface area contributed by atoms with E-state index in [0.717, 1.165) is 113 Å². The molecular weight excluding hydrogens is 852 g/mol. The van der Waals surface area contributed by atoms with Crippen molar-refractivity contribution in [2.75, 3.05) is 37.8 Å². The SMILES string of the molecule is O=[P+](OCCCNCc1cc(F)c(SCCCCC2(c3ccccc3F)CCCC2)cn1)OCCCNCc1cc(F)c(SCCCCC2(c3ccccc3F)CCCC2)cn1. The molecule has 0 spiro atoms. The average Bonchev–Trinajstić information content (AvgIpc) is 3.96. The molecule has 2 saturated carbocycles. The number of nitrogens with one attached hydrogen (secondary N) is 2.